The van der Waals surface area contributed by atoms with E-state index in [1.54, 1.807) is 0 Å². The Hall–Kier alpha value is -2.54. The third-order valence-electron chi connectivity index (χ3n) is 5.42. The summed E-state index contributed by atoms with van der Waals surface area (Å²) in [4.78, 5) is 0. The highest BCUT2D eigenvalue weighted by atomic mass is 16.5. The average Bonchev–Trinajstić information content (AvgIpc) is 2.74. The van der Waals surface area contributed by atoms with Crippen molar-refractivity contribution in [3.8, 4) is 16.9 Å². The number of hydrogen-bond acceptors (Lipinski definition) is 1. The molecule has 0 atom stereocenters. The molecule has 0 saturated heterocycles. The molecule has 0 bridgehead atoms. The Morgan fingerprint density at radius 3 is 1.92 bits per heavy atom. The van der Waals surface area contributed by atoms with E-state index in [1.165, 1.54) is 54.4 Å². The zero-order chi connectivity index (χ0) is 17.6. The van der Waals surface area contributed by atoms with E-state index in [0.717, 1.165) is 11.7 Å². The van der Waals surface area contributed by atoms with Crippen LogP contribution in [-0.2, 0) is 6.61 Å². The number of hydrogen-bond donors (Lipinski definition) is 0. The molecule has 26 heavy (non-hydrogen) atoms. The molecule has 0 aromatic heterocycles. The molecule has 3 aromatic carbocycles. The van der Waals surface area contributed by atoms with Crippen LogP contribution in [0, 0.1) is 0 Å². The second-order valence-corrected chi connectivity index (χ2v) is 7.26. The third kappa shape index (κ3) is 4.16. The van der Waals surface area contributed by atoms with Crippen molar-refractivity contribution in [1.29, 1.82) is 0 Å². The van der Waals surface area contributed by atoms with Gasteiger partial charge in [0.25, 0.3) is 0 Å². The van der Waals surface area contributed by atoms with E-state index >= 15 is 0 Å². The Labute approximate surface area is 156 Å². The molecule has 0 radical (unpaired) electrons. The van der Waals surface area contributed by atoms with E-state index in [4.69, 9.17) is 4.74 Å². The molecule has 3 aromatic rings. The summed E-state index contributed by atoms with van der Waals surface area (Å²) in [7, 11) is 0. The zero-order valence-corrected chi connectivity index (χ0v) is 15.2. The Kier molecular flexibility index (Phi) is 5.35. The van der Waals surface area contributed by atoms with Crippen LogP contribution in [0.2, 0.25) is 0 Å². The molecule has 0 aliphatic heterocycles. The molecular formula is C25H26O. The monoisotopic (exact) mass is 342 g/mol. The highest BCUT2D eigenvalue weighted by Gasteiger charge is 2.15. The SMILES string of the molecule is c1ccc(OCc2ccc(-c3ccc(C4CCCCC4)cc3)cc2)cc1. The molecule has 4 rings (SSSR count). The summed E-state index contributed by atoms with van der Waals surface area (Å²) in [5.74, 6) is 1.69. The Morgan fingerprint density at radius 1 is 0.654 bits per heavy atom. The van der Waals surface area contributed by atoms with Crippen molar-refractivity contribution < 1.29 is 4.74 Å². The van der Waals surface area contributed by atoms with Gasteiger partial charge in [-0.05, 0) is 53.1 Å². The minimum absolute atomic E-state index is 0.602. The summed E-state index contributed by atoms with van der Waals surface area (Å²) in [5, 5.41) is 0. The molecule has 0 amide bonds. The van der Waals surface area contributed by atoms with Crippen molar-refractivity contribution in [2.45, 2.75) is 44.6 Å². The lowest BCUT2D eigenvalue weighted by Crippen LogP contribution is -2.04. The van der Waals surface area contributed by atoms with Crippen LogP contribution in [0.25, 0.3) is 11.1 Å². The standard InChI is InChI=1S/C25H26O/c1-3-7-21(8-4-1)23-15-17-24(18-16-23)22-13-11-20(12-14-22)19-26-25-9-5-2-6-10-25/h2,5-6,9-18,21H,1,3-4,7-8,19H2. The maximum atomic E-state index is 5.82. The van der Waals surface area contributed by atoms with Gasteiger partial charge in [-0.15, -0.1) is 0 Å². The summed E-state index contributed by atoms with van der Waals surface area (Å²) >= 11 is 0. The lowest BCUT2D eigenvalue weighted by Gasteiger charge is -2.22. The van der Waals surface area contributed by atoms with Crippen LogP contribution >= 0.6 is 0 Å². The highest BCUT2D eigenvalue weighted by molar-refractivity contribution is 5.64. The van der Waals surface area contributed by atoms with Gasteiger partial charge in [-0.25, -0.2) is 0 Å². The molecule has 132 valence electrons. The fraction of sp³-hybridized carbons (Fsp3) is 0.280. The minimum atomic E-state index is 0.602. The second kappa shape index (κ2) is 8.23. The van der Waals surface area contributed by atoms with E-state index in [1.807, 2.05) is 30.3 Å². The second-order valence-electron chi connectivity index (χ2n) is 7.26. The summed E-state index contributed by atoms with van der Waals surface area (Å²) in [5.41, 5.74) is 5.27. The van der Waals surface area contributed by atoms with E-state index in [9.17, 15) is 0 Å². The normalized spacial score (nSPS) is 14.9. The van der Waals surface area contributed by atoms with Crippen molar-refractivity contribution in [1.82, 2.24) is 0 Å². The number of rotatable bonds is 5. The Balaban J connectivity index is 1.40. The summed E-state index contributed by atoms with van der Waals surface area (Å²) in [6, 6.07) is 27.9. The molecule has 1 fully saturated rings. The van der Waals surface area contributed by atoms with Crippen LogP contribution < -0.4 is 4.74 Å². The number of ether oxygens (including phenoxy) is 1. The van der Waals surface area contributed by atoms with Gasteiger partial charge in [0.15, 0.2) is 0 Å². The largest absolute Gasteiger partial charge is 0.489 e. The first kappa shape index (κ1) is 16.9. The van der Waals surface area contributed by atoms with Crippen LogP contribution in [0.1, 0.15) is 49.1 Å². The lowest BCUT2D eigenvalue weighted by atomic mass is 9.84. The van der Waals surface area contributed by atoms with Gasteiger partial charge in [-0.2, -0.15) is 0 Å². The van der Waals surface area contributed by atoms with Crippen molar-refractivity contribution in [2.24, 2.45) is 0 Å². The molecule has 0 spiro atoms. The molecule has 1 saturated carbocycles. The molecule has 0 unspecified atom stereocenters. The Morgan fingerprint density at radius 2 is 1.27 bits per heavy atom. The number of para-hydroxylation sites is 1. The van der Waals surface area contributed by atoms with Crippen LogP contribution in [0.4, 0.5) is 0 Å². The number of benzene rings is 3. The van der Waals surface area contributed by atoms with Gasteiger partial charge in [0, 0.05) is 0 Å². The minimum Gasteiger partial charge on any atom is -0.489 e. The third-order valence-corrected chi connectivity index (χ3v) is 5.42. The first-order valence-electron chi connectivity index (χ1n) is 9.75. The van der Waals surface area contributed by atoms with Gasteiger partial charge in [0.2, 0.25) is 0 Å². The van der Waals surface area contributed by atoms with E-state index < -0.39 is 0 Å². The van der Waals surface area contributed by atoms with Gasteiger partial charge >= 0.3 is 0 Å². The van der Waals surface area contributed by atoms with Crippen LogP contribution in [0.15, 0.2) is 78.9 Å². The molecular weight excluding hydrogens is 316 g/mol. The van der Waals surface area contributed by atoms with Gasteiger partial charge < -0.3 is 4.74 Å². The first-order valence-corrected chi connectivity index (χ1v) is 9.75. The van der Waals surface area contributed by atoms with Crippen LogP contribution in [-0.4, -0.2) is 0 Å². The van der Waals surface area contributed by atoms with Crippen LogP contribution in [0.3, 0.4) is 0 Å². The fourth-order valence-electron chi connectivity index (χ4n) is 3.86. The quantitative estimate of drug-likeness (QED) is 0.486. The predicted molar refractivity (Wildman–Crippen MR) is 108 cm³/mol. The highest BCUT2D eigenvalue weighted by Crippen LogP contribution is 2.33. The maximum Gasteiger partial charge on any atom is 0.119 e. The van der Waals surface area contributed by atoms with Crippen molar-refractivity contribution >= 4 is 0 Å². The smallest absolute Gasteiger partial charge is 0.119 e. The first-order chi connectivity index (χ1) is 12.9. The van der Waals surface area contributed by atoms with Gasteiger partial charge in [0.1, 0.15) is 12.4 Å². The topological polar surface area (TPSA) is 9.23 Å². The molecule has 1 heteroatoms. The van der Waals surface area contributed by atoms with Crippen molar-refractivity contribution in [3.63, 3.8) is 0 Å². The zero-order valence-electron chi connectivity index (χ0n) is 15.2. The molecule has 1 aliphatic carbocycles. The van der Waals surface area contributed by atoms with Crippen molar-refractivity contribution in [2.75, 3.05) is 0 Å². The van der Waals surface area contributed by atoms with Gasteiger partial charge in [-0.3, -0.25) is 0 Å². The predicted octanol–water partition coefficient (Wildman–Crippen LogP) is 6.98. The van der Waals surface area contributed by atoms with Crippen molar-refractivity contribution in [3.05, 3.63) is 90.0 Å². The molecule has 0 N–H and O–H groups in total. The van der Waals surface area contributed by atoms with Crippen LogP contribution in [0.5, 0.6) is 5.75 Å². The Bertz CT molecular complexity index is 797. The molecule has 1 aliphatic rings. The molecule has 1 nitrogen and oxygen atoms in total. The molecule has 0 heterocycles. The fourth-order valence-corrected chi connectivity index (χ4v) is 3.86. The summed E-state index contributed by atoms with van der Waals surface area (Å²) < 4.78 is 5.82. The van der Waals surface area contributed by atoms with Gasteiger partial charge in [-0.1, -0.05) is 86.0 Å². The van der Waals surface area contributed by atoms with E-state index in [2.05, 4.69) is 48.5 Å². The van der Waals surface area contributed by atoms with Gasteiger partial charge in [0.05, 0.1) is 0 Å². The van der Waals surface area contributed by atoms with E-state index in [-0.39, 0.29) is 0 Å². The lowest BCUT2D eigenvalue weighted by molar-refractivity contribution is 0.306. The maximum absolute atomic E-state index is 5.82. The summed E-state index contributed by atoms with van der Waals surface area (Å²) in [6.07, 6.45) is 6.90. The average molecular weight is 342 g/mol. The summed E-state index contributed by atoms with van der Waals surface area (Å²) in [6.45, 7) is 0.602. The van der Waals surface area contributed by atoms with E-state index in [0.29, 0.717) is 6.61 Å².